The standard InChI is InChI=1S/C20H31N3O2/c1-6-7-8-9-13-22-14-10-11-17(18(22)24)20(3,4)23-15-12-16(2)21(5)19(23)25/h10-11,14H,2,6-9,12-13,15H2,1,3-5H3. The Hall–Kier alpha value is -2.04. The van der Waals surface area contributed by atoms with Crippen LogP contribution in [0.25, 0.3) is 0 Å². The molecule has 0 saturated carbocycles. The predicted octanol–water partition coefficient (Wildman–Crippen LogP) is 3.93. The fourth-order valence-corrected chi connectivity index (χ4v) is 3.37. The van der Waals surface area contributed by atoms with E-state index in [1.54, 1.807) is 21.4 Å². The first kappa shape index (κ1) is 19.3. The molecule has 1 saturated heterocycles. The summed E-state index contributed by atoms with van der Waals surface area (Å²) in [6.45, 7) is 11.3. The van der Waals surface area contributed by atoms with Gasteiger partial charge in [-0.25, -0.2) is 4.79 Å². The van der Waals surface area contributed by atoms with E-state index < -0.39 is 5.54 Å². The number of urea groups is 1. The van der Waals surface area contributed by atoms with Gasteiger partial charge in [0.1, 0.15) is 0 Å². The summed E-state index contributed by atoms with van der Waals surface area (Å²) in [7, 11) is 1.74. The molecule has 0 radical (unpaired) electrons. The lowest BCUT2D eigenvalue weighted by Crippen LogP contribution is -2.55. The van der Waals surface area contributed by atoms with Crippen molar-refractivity contribution in [3.05, 3.63) is 46.5 Å². The van der Waals surface area contributed by atoms with Gasteiger partial charge in [-0.2, -0.15) is 0 Å². The van der Waals surface area contributed by atoms with E-state index in [1.165, 1.54) is 12.8 Å². The minimum atomic E-state index is -0.657. The Bertz CT molecular complexity index is 690. The molecule has 1 fully saturated rings. The quantitative estimate of drug-likeness (QED) is 0.703. The number of aryl methyl sites for hydroxylation is 1. The number of hydrogen-bond acceptors (Lipinski definition) is 2. The molecule has 5 nitrogen and oxygen atoms in total. The van der Waals surface area contributed by atoms with Crippen molar-refractivity contribution < 1.29 is 4.79 Å². The lowest BCUT2D eigenvalue weighted by molar-refractivity contribution is 0.0974. The van der Waals surface area contributed by atoms with E-state index in [0.717, 1.165) is 31.5 Å². The van der Waals surface area contributed by atoms with E-state index in [1.807, 2.05) is 32.2 Å². The molecule has 2 rings (SSSR count). The van der Waals surface area contributed by atoms with Crippen molar-refractivity contribution in [2.45, 2.75) is 65.0 Å². The maximum absolute atomic E-state index is 13.0. The second-order valence-corrected chi connectivity index (χ2v) is 7.35. The van der Waals surface area contributed by atoms with Crippen LogP contribution in [0.2, 0.25) is 0 Å². The second-order valence-electron chi connectivity index (χ2n) is 7.35. The summed E-state index contributed by atoms with van der Waals surface area (Å²) in [5.41, 5.74) is 0.831. The predicted molar refractivity (Wildman–Crippen MR) is 101 cm³/mol. The third-order valence-corrected chi connectivity index (χ3v) is 5.22. The molecular formula is C20H31N3O2. The summed E-state index contributed by atoms with van der Waals surface area (Å²) in [5.74, 6) is 0. The van der Waals surface area contributed by atoms with Crippen LogP contribution in [-0.2, 0) is 12.1 Å². The van der Waals surface area contributed by atoms with Gasteiger partial charge in [0, 0.05) is 44.0 Å². The summed E-state index contributed by atoms with van der Waals surface area (Å²) < 4.78 is 1.78. The molecule has 1 aliphatic rings. The number of carbonyl (C=O) groups is 1. The molecule has 0 aliphatic carbocycles. The molecule has 0 bridgehead atoms. The molecule has 1 aliphatic heterocycles. The Balaban J connectivity index is 2.26. The number of pyridine rings is 1. The van der Waals surface area contributed by atoms with Crippen molar-refractivity contribution in [3.63, 3.8) is 0 Å². The first-order valence-electron chi connectivity index (χ1n) is 9.23. The van der Waals surface area contributed by atoms with Gasteiger partial charge in [-0.3, -0.25) is 4.79 Å². The first-order chi connectivity index (χ1) is 11.8. The van der Waals surface area contributed by atoms with Gasteiger partial charge in [0.25, 0.3) is 5.56 Å². The molecule has 1 aromatic heterocycles. The normalized spacial score (nSPS) is 15.8. The van der Waals surface area contributed by atoms with Crippen LogP contribution in [0.1, 0.15) is 58.4 Å². The number of carbonyl (C=O) groups excluding carboxylic acids is 1. The zero-order valence-corrected chi connectivity index (χ0v) is 16.0. The molecule has 0 N–H and O–H groups in total. The molecule has 0 unspecified atom stereocenters. The van der Waals surface area contributed by atoms with E-state index >= 15 is 0 Å². The van der Waals surface area contributed by atoms with Gasteiger partial charge < -0.3 is 14.4 Å². The number of aromatic nitrogens is 1. The highest BCUT2D eigenvalue weighted by atomic mass is 16.2. The van der Waals surface area contributed by atoms with Crippen molar-refractivity contribution in [2.75, 3.05) is 13.6 Å². The van der Waals surface area contributed by atoms with E-state index in [-0.39, 0.29) is 11.6 Å². The fourth-order valence-electron chi connectivity index (χ4n) is 3.37. The monoisotopic (exact) mass is 345 g/mol. The van der Waals surface area contributed by atoms with Crippen LogP contribution in [0.3, 0.4) is 0 Å². The Labute approximate surface area is 150 Å². The van der Waals surface area contributed by atoms with Crippen molar-refractivity contribution in [1.82, 2.24) is 14.4 Å². The lowest BCUT2D eigenvalue weighted by atomic mass is 9.92. The minimum absolute atomic E-state index is 0.00357. The second kappa shape index (κ2) is 7.89. The van der Waals surface area contributed by atoms with E-state index in [9.17, 15) is 9.59 Å². The van der Waals surface area contributed by atoms with Crippen LogP contribution in [0, 0.1) is 0 Å². The molecule has 2 amide bonds. The number of amides is 2. The molecule has 0 atom stereocenters. The summed E-state index contributed by atoms with van der Waals surface area (Å²) in [6.07, 6.45) is 7.08. The van der Waals surface area contributed by atoms with Crippen LogP contribution in [0.15, 0.2) is 35.4 Å². The third-order valence-electron chi connectivity index (χ3n) is 5.22. The molecule has 1 aromatic rings. The van der Waals surface area contributed by atoms with Gasteiger partial charge in [-0.15, -0.1) is 0 Å². The first-order valence-corrected chi connectivity index (χ1v) is 9.23. The van der Waals surface area contributed by atoms with E-state index in [2.05, 4.69) is 13.5 Å². The maximum atomic E-state index is 13.0. The van der Waals surface area contributed by atoms with Gasteiger partial charge in [0.2, 0.25) is 0 Å². The summed E-state index contributed by atoms with van der Waals surface area (Å²) in [6, 6.07) is 3.66. The largest absolute Gasteiger partial charge is 0.324 e. The van der Waals surface area contributed by atoms with Gasteiger partial charge in [-0.05, 0) is 32.4 Å². The molecule has 5 heteroatoms. The number of nitrogens with zero attached hydrogens (tertiary/aromatic N) is 3. The van der Waals surface area contributed by atoms with Crippen LogP contribution in [-0.4, -0.2) is 34.0 Å². The van der Waals surface area contributed by atoms with Crippen LogP contribution in [0.5, 0.6) is 0 Å². The van der Waals surface area contributed by atoms with E-state index in [4.69, 9.17) is 0 Å². The van der Waals surface area contributed by atoms with Crippen LogP contribution in [0.4, 0.5) is 4.79 Å². The smallest absolute Gasteiger partial charge is 0.315 e. The molecule has 138 valence electrons. The minimum Gasteiger partial charge on any atom is -0.315 e. The number of hydrogen-bond donors (Lipinski definition) is 0. The highest BCUT2D eigenvalue weighted by Crippen LogP contribution is 2.30. The number of rotatable bonds is 7. The molecule has 0 spiro atoms. The third kappa shape index (κ3) is 3.97. The molecule has 25 heavy (non-hydrogen) atoms. The maximum Gasteiger partial charge on any atom is 0.324 e. The highest BCUT2D eigenvalue weighted by molar-refractivity contribution is 5.78. The van der Waals surface area contributed by atoms with Gasteiger partial charge in [0.15, 0.2) is 0 Å². The summed E-state index contributed by atoms with van der Waals surface area (Å²) in [4.78, 5) is 29.0. The molecule has 0 aromatic carbocycles. The van der Waals surface area contributed by atoms with Crippen molar-refractivity contribution in [1.29, 1.82) is 0 Å². The Morgan fingerprint density at radius 1 is 1.20 bits per heavy atom. The van der Waals surface area contributed by atoms with Gasteiger partial charge in [0.05, 0.1) is 5.54 Å². The molecule has 2 heterocycles. The van der Waals surface area contributed by atoms with E-state index in [0.29, 0.717) is 12.1 Å². The fraction of sp³-hybridized carbons (Fsp3) is 0.600. The zero-order chi connectivity index (χ0) is 18.6. The van der Waals surface area contributed by atoms with Crippen molar-refractivity contribution in [2.24, 2.45) is 0 Å². The lowest BCUT2D eigenvalue weighted by Gasteiger charge is -2.44. The average molecular weight is 345 g/mol. The SMILES string of the molecule is C=C1CCN(C(C)(C)c2cccn(CCCCCC)c2=O)C(=O)N1C. The Morgan fingerprint density at radius 3 is 2.60 bits per heavy atom. The summed E-state index contributed by atoms with van der Waals surface area (Å²) >= 11 is 0. The Kier molecular flexibility index (Phi) is 6.09. The van der Waals surface area contributed by atoms with Crippen molar-refractivity contribution >= 4 is 6.03 Å². The average Bonchev–Trinajstić information content (AvgIpc) is 2.57. The van der Waals surface area contributed by atoms with Crippen molar-refractivity contribution in [3.8, 4) is 0 Å². The highest BCUT2D eigenvalue weighted by Gasteiger charge is 2.39. The van der Waals surface area contributed by atoms with Gasteiger partial charge in [-0.1, -0.05) is 32.8 Å². The van der Waals surface area contributed by atoms with Gasteiger partial charge >= 0.3 is 6.03 Å². The Morgan fingerprint density at radius 2 is 1.92 bits per heavy atom. The zero-order valence-electron chi connectivity index (χ0n) is 16.0. The number of unbranched alkanes of at least 4 members (excludes halogenated alkanes) is 3. The topological polar surface area (TPSA) is 45.6 Å². The molecular weight excluding hydrogens is 314 g/mol. The summed E-state index contributed by atoms with van der Waals surface area (Å²) in [5, 5.41) is 0. The van der Waals surface area contributed by atoms with Crippen LogP contribution < -0.4 is 5.56 Å². The van der Waals surface area contributed by atoms with Crippen LogP contribution >= 0.6 is 0 Å².